The Hall–Kier alpha value is -0.640. The van der Waals surface area contributed by atoms with Gasteiger partial charge in [-0.25, -0.2) is 4.39 Å². The molecule has 4 heteroatoms. The maximum Gasteiger partial charge on any atom is 0.123 e. The zero-order chi connectivity index (χ0) is 12.8. The summed E-state index contributed by atoms with van der Waals surface area (Å²) in [5.74, 6) is -0.271. The van der Waals surface area contributed by atoms with Crippen LogP contribution in [0.1, 0.15) is 31.2 Å². The lowest BCUT2D eigenvalue weighted by Gasteiger charge is -2.23. The van der Waals surface area contributed by atoms with Gasteiger partial charge in [-0.05, 0) is 49.6 Å². The second-order valence-corrected chi connectivity index (χ2v) is 5.13. The predicted molar refractivity (Wildman–Crippen MR) is 71.3 cm³/mol. The average Bonchev–Trinajstić information content (AvgIpc) is 2.40. The molecular weight excluding hydrogens is 253 g/mol. The molecule has 0 bridgehead atoms. The number of hydrogen-bond acceptors (Lipinski definition) is 2. The van der Waals surface area contributed by atoms with E-state index in [-0.39, 0.29) is 5.82 Å². The molecule has 0 aromatic heterocycles. The van der Waals surface area contributed by atoms with Crippen LogP contribution in [0.25, 0.3) is 0 Å². The van der Waals surface area contributed by atoms with Crippen molar-refractivity contribution in [1.29, 1.82) is 0 Å². The van der Waals surface area contributed by atoms with E-state index in [0.717, 1.165) is 13.0 Å². The monoisotopic (exact) mass is 271 g/mol. The van der Waals surface area contributed by atoms with Crippen LogP contribution in [-0.4, -0.2) is 19.2 Å². The Morgan fingerprint density at radius 1 is 1.39 bits per heavy atom. The number of rotatable bonds is 5. The van der Waals surface area contributed by atoms with Gasteiger partial charge in [0.25, 0.3) is 0 Å². The normalized spacial score (nSPS) is 20.0. The molecule has 18 heavy (non-hydrogen) atoms. The Kier molecular flexibility index (Phi) is 5.42. The first-order valence-corrected chi connectivity index (χ1v) is 6.88. The van der Waals surface area contributed by atoms with Crippen LogP contribution in [0.15, 0.2) is 18.2 Å². The molecule has 1 aliphatic heterocycles. The highest BCUT2D eigenvalue weighted by molar-refractivity contribution is 6.31. The van der Waals surface area contributed by atoms with Crippen LogP contribution < -0.4 is 5.32 Å². The summed E-state index contributed by atoms with van der Waals surface area (Å²) in [7, 11) is 0. The number of nitrogens with one attached hydrogen (secondary N) is 1. The molecule has 1 aromatic carbocycles. The van der Waals surface area contributed by atoms with Gasteiger partial charge < -0.3 is 10.1 Å². The Morgan fingerprint density at radius 3 is 3.06 bits per heavy atom. The first-order valence-electron chi connectivity index (χ1n) is 6.51. The molecule has 1 N–H and O–H groups in total. The highest BCUT2D eigenvalue weighted by Crippen LogP contribution is 2.18. The van der Waals surface area contributed by atoms with Gasteiger partial charge in [0.2, 0.25) is 0 Å². The minimum absolute atomic E-state index is 0.271. The van der Waals surface area contributed by atoms with Crippen LogP contribution in [0.3, 0.4) is 0 Å². The van der Waals surface area contributed by atoms with E-state index in [0.29, 0.717) is 29.8 Å². The zero-order valence-corrected chi connectivity index (χ0v) is 11.2. The smallest absolute Gasteiger partial charge is 0.123 e. The molecule has 1 unspecified atom stereocenters. The predicted octanol–water partition coefficient (Wildman–Crippen LogP) is 3.53. The molecule has 1 aromatic rings. The third kappa shape index (κ3) is 4.23. The lowest BCUT2D eigenvalue weighted by atomic mass is 10.0. The van der Waals surface area contributed by atoms with Crippen LogP contribution >= 0.6 is 11.6 Å². The van der Waals surface area contributed by atoms with E-state index >= 15 is 0 Å². The summed E-state index contributed by atoms with van der Waals surface area (Å²) >= 11 is 5.96. The highest BCUT2D eigenvalue weighted by atomic mass is 35.5. The average molecular weight is 272 g/mol. The summed E-state index contributed by atoms with van der Waals surface area (Å²) in [5, 5.41) is 4.03. The summed E-state index contributed by atoms with van der Waals surface area (Å²) in [5.41, 5.74) is 0.716. The van der Waals surface area contributed by atoms with Crippen LogP contribution in [0.5, 0.6) is 0 Å². The van der Waals surface area contributed by atoms with E-state index in [2.05, 4.69) is 5.32 Å². The number of piperidine rings is 1. The summed E-state index contributed by atoms with van der Waals surface area (Å²) in [6, 6.07) is 4.93. The lowest BCUT2D eigenvalue weighted by molar-refractivity contribution is 0.108. The van der Waals surface area contributed by atoms with Crippen LogP contribution in [0, 0.1) is 5.82 Å². The molecule has 2 nitrogen and oxygen atoms in total. The van der Waals surface area contributed by atoms with Crippen molar-refractivity contribution in [2.45, 2.75) is 38.3 Å². The first kappa shape index (κ1) is 13.8. The molecule has 0 radical (unpaired) electrons. The molecular formula is C14H19ClFNO. The topological polar surface area (TPSA) is 21.3 Å². The first-order chi connectivity index (χ1) is 8.75. The summed E-state index contributed by atoms with van der Waals surface area (Å²) in [6.45, 7) is 2.17. The molecule has 1 saturated heterocycles. The standard InChI is InChI=1S/C14H19ClFNO/c15-14-5-4-12(16)9-11(14)10-18-8-6-13-3-1-2-7-17-13/h4-5,9,13,17H,1-3,6-8,10H2. The van der Waals surface area contributed by atoms with Gasteiger partial charge in [0, 0.05) is 17.7 Å². The molecule has 0 spiro atoms. The molecule has 1 atom stereocenters. The Morgan fingerprint density at radius 2 is 2.28 bits per heavy atom. The van der Waals surface area contributed by atoms with Crippen molar-refractivity contribution >= 4 is 11.6 Å². The van der Waals surface area contributed by atoms with Crippen LogP contribution in [0.2, 0.25) is 5.02 Å². The maximum absolute atomic E-state index is 13.0. The fourth-order valence-electron chi connectivity index (χ4n) is 2.23. The zero-order valence-electron chi connectivity index (χ0n) is 10.4. The molecule has 0 aliphatic carbocycles. The van der Waals surface area contributed by atoms with Crippen molar-refractivity contribution in [2.75, 3.05) is 13.2 Å². The molecule has 0 amide bonds. The van der Waals surface area contributed by atoms with Gasteiger partial charge in [0.1, 0.15) is 5.82 Å². The van der Waals surface area contributed by atoms with E-state index in [1.54, 1.807) is 6.07 Å². The summed E-state index contributed by atoms with van der Waals surface area (Å²) in [4.78, 5) is 0. The van der Waals surface area contributed by atoms with Gasteiger partial charge >= 0.3 is 0 Å². The van der Waals surface area contributed by atoms with Crippen molar-refractivity contribution in [3.05, 3.63) is 34.6 Å². The number of halogens is 2. The Bertz CT molecular complexity index is 380. The second-order valence-electron chi connectivity index (χ2n) is 4.72. The van der Waals surface area contributed by atoms with Crippen molar-refractivity contribution < 1.29 is 9.13 Å². The number of benzene rings is 1. The van der Waals surface area contributed by atoms with Crippen LogP contribution in [0.4, 0.5) is 4.39 Å². The SMILES string of the molecule is Fc1ccc(Cl)c(COCCC2CCCCN2)c1. The molecule has 1 fully saturated rings. The molecule has 0 saturated carbocycles. The van der Waals surface area contributed by atoms with Crippen molar-refractivity contribution in [3.8, 4) is 0 Å². The van der Waals surface area contributed by atoms with Gasteiger partial charge in [-0.2, -0.15) is 0 Å². The van der Waals surface area contributed by atoms with Crippen molar-refractivity contribution in [1.82, 2.24) is 5.32 Å². The third-order valence-corrected chi connectivity index (χ3v) is 3.66. The molecule has 1 heterocycles. The fourth-order valence-corrected chi connectivity index (χ4v) is 2.40. The Balaban J connectivity index is 1.69. The van der Waals surface area contributed by atoms with Crippen LogP contribution in [-0.2, 0) is 11.3 Å². The second kappa shape index (κ2) is 7.07. The minimum atomic E-state index is -0.271. The number of ether oxygens (including phenoxy) is 1. The van der Waals surface area contributed by atoms with E-state index < -0.39 is 0 Å². The van der Waals surface area contributed by atoms with Crippen molar-refractivity contribution in [2.24, 2.45) is 0 Å². The third-order valence-electron chi connectivity index (χ3n) is 3.29. The molecule has 1 aliphatic rings. The van der Waals surface area contributed by atoms with Gasteiger partial charge in [-0.15, -0.1) is 0 Å². The van der Waals surface area contributed by atoms with Gasteiger partial charge in [0.05, 0.1) is 6.61 Å². The van der Waals surface area contributed by atoms with E-state index in [1.165, 1.54) is 31.4 Å². The summed E-state index contributed by atoms with van der Waals surface area (Å²) < 4.78 is 18.6. The fraction of sp³-hybridized carbons (Fsp3) is 0.571. The van der Waals surface area contributed by atoms with Crippen molar-refractivity contribution in [3.63, 3.8) is 0 Å². The maximum atomic E-state index is 13.0. The molecule has 100 valence electrons. The van der Waals surface area contributed by atoms with Gasteiger partial charge in [0.15, 0.2) is 0 Å². The van der Waals surface area contributed by atoms with E-state index in [9.17, 15) is 4.39 Å². The van der Waals surface area contributed by atoms with Gasteiger partial charge in [-0.3, -0.25) is 0 Å². The summed E-state index contributed by atoms with van der Waals surface area (Å²) in [6.07, 6.45) is 4.81. The highest BCUT2D eigenvalue weighted by Gasteiger charge is 2.11. The van der Waals surface area contributed by atoms with E-state index in [1.807, 2.05) is 0 Å². The van der Waals surface area contributed by atoms with E-state index in [4.69, 9.17) is 16.3 Å². The minimum Gasteiger partial charge on any atom is -0.377 e. The van der Waals surface area contributed by atoms with Gasteiger partial charge in [-0.1, -0.05) is 18.0 Å². The Labute approximate surface area is 112 Å². The quantitative estimate of drug-likeness (QED) is 0.828. The number of hydrogen-bond donors (Lipinski definition) is 1. The lowest BCUT2D eigenvalue weighted by Crippen LogP contribution is -2.34. The molecule has 2 rings (SSSR count). The largest absolute Gasteiger partial charge is 0.377 e.